The number of aryl methyl sites for hydroxylation is 2. The van der Waals surface area contributed by atoms with Gasteiger partial charge in [0.2, 0.25) is 0 Å². The van der Waals surface area contributed by atoms with Crippen LogP contribution < -0.4 is 10.3 Å². The summed E-state index contributed by atoms with van der Waals surface area (Å²) in [6.07, 6.45) is -4.88. The molecular weight excluding hydrogens is 521 g/mol. The maximum absolute atomic E-state index is 13.9. The summed E-state index contributed by atoms with van der Waals surface area (Å²) in [5.74, 6) is 0.380. The standard InChI is InChI=1S/C31H25F3N2O4/c1-5-39-30(38)22-10-14-25(15-11-22)40-24-12-8-21(9-13-24)27-17-26(31(32,33)34)28(35-4)29(37)36(27)18-23-7-6-19(2)16-20(23)3/h6-17H,5,18H2,1-3H3. The molecule has 0 saturated carbocycles. The lowest BCUT2D eigenvalue weighted by Crippen LogP contribution is -2.25. The zero-order valence-corrected chi connectivity index (χ0v) is 22.0. The highest BCUT2D eigenvalue weighted by Gasteiger charge is 2.36. The van der Waals surface area contributed by atoms with Gasteiger partial charge in [-0.2, -0.15) is 13.2 Å². The summed E-state index contributed by atoms with van der Waals surface area (Å²) in [7, 11) is 0. The first kappa shape index (κ1) is 28.2. The Kier molecular flexibility index (Phi) is 8.10. The molecule has 0 aliphatic heterocycles. The minimum Gasteiger partial charge on any atom is -0.462 e. The number of alkyl halides is 3. The Labute approximate surface area is 229 Å². The molecule has 40 heavy (non-hydrogen) atoms. The van der Waals surface area contributed by atoms with Crippen LogP contribution in [0.4, 0.5) is 18.9 Å². The number of hydrogen-bond acceptors (Lipinski definition) is 4. The molecule has 4 aromatic rings. The van der Waals surface area contributed by atoms with E-state index in [9.17, 15) is 22.8 Å². The molecule has 0 aliphatic carbocycles. The molecule has 0 bridgehead atoms. The zero-order chi connectivity index (χ0) is 29.0. The monoisotopic (exact) mass is 546 g/mol. The van der Waals surface area contributed by atoms with Crippen LogP contribution in [0.3, 0.4) is 0 Å². The predicted molar refractivity (Wildman–Crippen MR) is 145 cm³/mol. The number of aromatic nitrogens is 1. The van der Waals surface area contributed by atoms with Crippen LogP contribution in [0.15, 0.2) is 77.6 Å². The summed E-state index contributed by atoms with van der Waals surface area (Å²) in [6.45, 7) is 13.0. The van der Waals surface area contributed by atoms with E-state index in [0.717, 1.165) is 22.8 Å². The van der Waals surface area contributed by atoms with E-state index in [1.54, 1.807) is 55.5 Å². The van der Waals surface area contributed by atoms with Gasteiger partial charge in [-0.25, -0.2) is 9.64 Å². The van der Waals surface area contributed by atoms with Gasteiger partial charge >= 0.3 is 12.1 Å². The highest BCUT2D eigenvalue weighted by molar-refractivity contribution is 5.89. The van der Waals surface area contributed by atoms with Crippen LogP contribution in [-0.2, 0) is 17.5 Å². The van der Waals surface area contributed by atoms with E-state index in [1.165, 1.54) is 4.57 Å². The molecule has 0 radical (unpaired) electrons. The fraction of sp³-hybridized carbons (Fsp3) is 0.194. The summed E-state index contributed by atoms with van der Waals surface area (Å²) in [4.78, 5) is 28.0. The Morgan fingerprint density at radius 3 is 2.12 bits per heavy atom. The molecule has 0 atom stereocenters. The molecule has 0 N–H and O–H groups in total. The van der Waals surface area contributed by atoms with E-state index in [-0.39, 0.29) is 18.8 Å². The molecular formula is C31H25F3N2O4. The SMILES string of the molecule is [C-]#[N+]c1c(C(F)(F)F)cc(-c2ccc(Oc3ccc(C(=O)OCC)cc3)cc2)n(Cc2ccc(C)cc2C)c1=O. The quantitative estimate of drug-likeness (QED) is 0.176. The van der Waals surface area contributed by atoms with E-state index >= 15 is 0 Å². The van der Waals surface area contributed by atoms with Crippen LogP contribution in [0.25, 0.3) is 16.1 Å². The first-order valence-corrected chi connectivity index (χ1v) is 12.4. The third-order valence-corrected chi connectivity index (χ3v) is 6.27. The molecule has 0 amide bonds. The van der Waals surface area contributed by atoms with Crippen molar-refractivity contribution in [2.24, 2.45) is 0 Å². The zero-order valence-electron chi connectivity index (χ0n) is 22.0. The molecule has 9 heteroatoms. The molecule has 6 nitrogen and oxygen atoms in total. The van der Waals surface area contributed by atoms with Gasteiger partial charge in [-0.15, -0.1) is 0 Å². The van der Waals surface area contributed by atoms with Gasteiger partial charge in [0.25, 0.3) is 11.2 Å². The molecule has 0 unspecified atom stereocenters. The third kappa shape index (κ3) is 6.07. The Hall–Kier alpha value is -4.84. The number of ether oxygens (including phenoxy) is 2. The Bertz CT molecular complexity index is 1650. The fourth-order valence-corrected chi connectivity index (χ4v) is 4.25. The summed E-state index contributed by atoms with van der Waals surface area (Å²) >= 11 is 0. The van der Waals surface area contributed by atoms with E-state index in [4.69, 9.17) is 16.0 Å². The van der Waals surface area contributed by atoms with Crippen LogP contribution in [0.5, 0.6) is 11.5 Å². The summed E-state index contributed by atoms with van der Waals surface area (Å²) < 4.78 is 53.6. The number of pyridine rings is 1. The first-order valence-electron chi connectivity index (χ1n) is 12.4. The summed E-state index contributed by atoms with van der Waals surface area (Å²) in [5, 5.41) is 0. The number of hydrogen-bond donors (Lipinski definition) is 0. The molecule has 4 rings (SSSR count). The van der Waals surface area contributed by atoms with Crippen LogP contribution in [0.1, 0.15) is 39.5 Å². The minimum absolute atomic E-state index is 0.00793. The lowest BCUT2D eigenvalue weighted by molar-refractivity contribution is -0.136. The van der Waals surface area contributed by atoms with Gasteiger partial charge in [-0.3, -0.25) is 4.79 Å². The van der Waals surface area contributed by atoms with E-state index in [2.05, 4.69) is 4.85 Å². The van der Waals surface area contributed by atoms with Crippen molar-refractivity contribution in [1.29, 1.82) is 0 Å². The normalized spacial score (nSPS) is 11.1. The number of halogens is 3. The topological polar surface area (TPSA) is 61.9 Å². The fourth-order valence-electron chi connectivity index (χ4n) is 4.25. The summed E-state index contributed by atoms with van der Waals surface area (Å²) in [5.41, 5.74) is 0.110. The second kappa shape index (κ2) is 11.5. The molecule has 0 spiro atoms. The average Bonchev–Trinajstić information content (AvgIpc) is 2.91. The number of benzene rings is 3. The number of carbonyl (C=O) groups excluding carboxylic acids is 1. The molecule has 1 heterocycles. The molecule has 204 valence electrons. The predicted octanol–water partition coefficient (Wildman–Crippen LogP) is 7.72. The molecule has 0 saturated heterocycles. The second-order valence-electron chi connectivity index (χ2n) is 9.09. The maximum atomic E-state index is 13.9. The van der Waals surface area contributed by atoms with E-state index in [0.29, 0.717) is 22.6 Å². The lowest BCUT2D eigenvalue weighted by atomic mass is 10.0. The number of rotatable bonds is 7. The largest absolute Gasteiger partial charge is 0.462 e. The van der Waals surface area contributed by atoms with E-state index in [1.807, 2.05) is 32.0 Å². The van der Waals surface area contributed by atoms with Crippen LogP contribution in [0.2, 0.25) is 0 Å². The van der Waals surface area contributed by atoms with Gasteiger partial charge in [-0.1, -0.05) is 23.8 Å². The number of nitrogens with zero attached hydrogens (tertiary/aromatic N) is 2. The number of esters is 1. The Balaban J connectivity index is 1.73. The Morgan fingerprint density at radius 1 is 0.950 bits per heavy atom. The van der Waals surface area contributed by atoms with Gasteiger partial charge in [-0.05, 0) is 92.1 Å². The lowest BCUT2D eigenvalue weighted by Gasteiger charge is -2.19. The van der Waals surface area contributed by atoms with Crippen molar-refractivity contribution in [3.05, 3.63) is 122 Å². The van der Waals surface area contributed by atoms with Gasteiger partial charge < -0.3 is 14.0 Å². The average molecular weight is 547 g/mol. The van der Waals surface area contributed by atoms with Crippen molar-refractivity contribution in [1.82, 2.24) is 4.57 Å². The van der Waals surface area contributed by atoms with E-state index < -0.39 is 29.0 Å². The van der Waals surface area contributed by atoms with Crippen molar-refractivity contribution >= 4 is 11.7 Å². The Morgan fingerprint density at radius 2 is 1.57 bits per heavy atom. The van der Waals surface area contributed by atoms with Gasteiger partial charge in [0, 0.05) is 5.69 Å². The van der Waals surface area contributed by atoms with Gasteiger partial charge in [0.1, 0.15) is 11.5 Å². The van der Waals surface area contributed by atoms with Crippen molar-refractivity contribution in [2.45, 2.75) is 33.5 Å². The smallest absolute Gasteiger partial charge is 0.407 e. The highest BCUT2D eigenvalue weighted by Crippen LogP contribution is 2.37. The van der Waals surface area contributed by atoms with Crippen molar-refractivity contribution < 1.29 is 27.4 Å². The second-order valence-corrected chi connectivity index (χ2v) is 9.09. The third-order valence-electron chi connectivity index (χ3n) is 6.27. The van der Waals surface area contributed by atoms with Crippen molar-refractivity contribution in [3.8, 4) is 22.8 Å². The van der Waals surface area contributed by atoms with Crippen LogP contribution in [0, 0.1) is 20.4 Å². The van der Waals surface area contributed by atoms with Crippen LogP contribution >= 0.6 is 0 Å². The highest BCUT2D eigenvalue weighted by atomic mass is 19.4. The molecule has 0 aliphatic rings. The minimum atomic E-state index is -4.88. The molecule has 1 aromatic heterocycles. The molecule has 0 fully saturated rings. The maximum Gasteiger partial charge on any atom is 0.407 e. The molecule has 3 aromatic carbocycles. The summed E-state index contributed by atoms with van der Waals surface area (Å²) in [6, 6.07) is 19.0. The van der Waals surface area contributed by atoms with Crippen LogP contribution in [-0.4, -0.2) is 17.1 Å². The first-order chi connectivity index (χ1) is 19.0. The van der Waals surface area contributed by atoms with Crippen molar-refractivity contribution in [3.63, 3.8) is 0 Å². The van der Waals surface area contributed by atoms with Gasteiger partial charge in [0.15, 0.2) is 0 Å². The number of carbonyl (C=O) groups is 1. The van der Waals surface area contributed by atoms with Gasteiger partial charge in [0.05, 0.1) is 30.9 Å². The van der Waals surface area contributed by atoms with Crippen molar-refractivity contribution in [2.75, 3.05) is 6.61 Å².